The number of likely N-dealkylation sites (tertiary alicyclic amines) is 1. The minimum absolute atomic E-state index is 0.0626. The van der Waals surface area contributed by atoms with Gasteiger partial charge in [0.25, 0.3) is 0 Å². The van der Waals surface area contributed by atoms with E-state index in [1.54, 1.807) is 29.6 Å². The maximum atomic E-state index is 14.1. The smallest absolute Gasteiger partial charge is 0.408 e. The highest BCUT2D eigenvalue weighted by Gasteiger charge is 2.51. The van der Waals surface area contributed by atoms with Crippen molar-refractivity contribution in [2.75, 3.05) is 11.4 Å². The molecule has 1 saturated heterocycles. The third-order valence-corrected chi connectivity index (χ3v) is 7.06. The largest absolute Gasteiger partial charge is 0.458 e. The molecular formula is C30H31F2N5O4. The maximum absolute atomic E-state index is 14.1. The van der Waals surface area contributed by atoms with Crippen molar-refractivity contribution in [3.63, 3.8) is 0 Å². The zero-order valence-corrected chi connectivity index (χ0v) is 23.0. The van der Waals surface area contributed by atoms with Crippen molar-refractivity contribution in [3.05, 3.63) is 96.1 Å². The van der Waals surface area contributed by atoms with E-state index in [0.717, 1.165) is 17.7 Å². The predicted molar refractivity (Wildman–Crippen MR) is 146 cm³/mol. The number of nitrogens with zero attached hydrogens (tertiary/aromatic N) is 4. The summed E-state index contributed by atoms with van der Waals surface area (Å²) >= 11 is 0. The van der Waals surface area contributed by atoms with E-state index in [4.69, 9.17) is 9.47 Å². The van der Waals surface area contributed by atoms with Crippen molar-refractivity contribution in [1.82, 2.24) is 20.2 Å². The van der Waals surface area contributed by atoms with E-state index in [1.807, 2.05) is 56.0 Å². The van der Waals surface area contributed by atoms with E-state index in [2.05, 4.69) is 15.3 Å². The van der Waals surface area contributed by atoms with E-state index in [0.29, 0.717) is 24.7 Å². The van der Waals surface area contributed by atoms with Crippen molar-refractivity contribution in [1.29, 1.82) is 0 Å². The van der Waals surface area contributed by atoms with Crippen LogP contribution in [-0.2, 0) is 16.1 Å². The number of alkyl carbamates (subject to hydrolysis) is 1. The van der Waals surface area contributed by atoms with Crippen LogP contribution < -0.4 is 15.0 Å². The normalized spacial score (nSPS) is 18.9. The Bertz CT molecular complexity index is 1430. The summed E-state index contributed by atoms with van der Waals surface area (Å²) in [7, 11) is 0. The van der Waals surface area contributed by atoms with Crippen LogP contribution in [0.5, 0.6) is 5.75 Å². The number of rotatable bonds is 7. The topological polar surface area (TPSA) is 96.9 Å². The van der Waals surface area contributed by atoms with Crippen LogP contribution in [0.15, 0.2) is 79.0 Å². The number of carbonyl (C=O) groups excluding carboxylic acids is 2. The van der Waals surface area contributed by atoms with Gasteiger partial charge in [0.1, 0.15) is 30.2 Å². The molecule has 214 valence electrons. The fourth-order valence-electron chi connectivity index (χ4n) is 5.06. The number of anilines is 1. The molecule has 0 aliphatic carbocycles. The van der Waals surface area contributed by atoms with Crippen molar-refractivity contribution >= 4 is 17.9 Å². The van der Waals surface area contributed by atoms with Crippen LogP contribution in [0.2, 0.25) is 0 Å². The van der Waals surface area contributed by atoms with Gasteiger partial charge in [0.15, 0.2) is 11.6 Å². The molecule has 1 aromatic heterocycles. The first-order chi connectivity index (χ1) is 19.6. The number of nitrogens with one attached hydrogen (secondary N) is 1. The van der Waals surface area contributed by atoms with Gasteiger partial charge in [-0.05, 0) is 35.6 Å². The molecule has 41 heavy (non-hydrogen) atoms. The molecule has 3 heterocycles. The van der Waals surface area contributed by atoms with Crippen molar-refractivity contribution in [2.24, 2.45) is 5.41 Å². The summed E-state index contributed by atoms with van der Waals surface area (Å²) in [5, 5.41) is 2.76. The van der Waals surface area contributed by atoms with Gasteiger partial charge in [-0.25, -0.2) is 23.5 Å². The van der Waals surface area contributed by atoms with Crippen LogP contribution in [0.4, 0.5) is 19.5 Å². The summed E-state index contributed by atoms with van der Waals surface area (Å²) < 4.78 is 39.0. The van der Waals surface area contributed by atoms with Crippen LogP contribution >= 0.6 is 0 Å². The first-order valence-corrected chi connectivity index (χ1v) is 13.3. The fraction of sp³-hybridized carbons (Fsp3) is 0.333. The second-order valence-electron chi connectivity index (χ2n) is 11.0. The van der Waals surface area contributed by atoms with E-state index in [9.17, 15) is 18.4 Å². The third kappa shape index (κ3) is 6.13. The Balaban J connectivity index is 1.39. The average molecular weight is 564 g/mol. The molecule has 2 aliphatic rings. The van der Waals surface area contributed by atoms with Gasteiger partial charge in [-0.15, -0.1) is 0 Å². The molecule has 0 radical (unpaired) electrons. The van der Waals surface area contributed by atoms with Crippen molar-refractivity contribution < 1.29 is 27.8 Å². The van der Waals surface area contributed by atoms with E-state index in [-0.39, 0.29) is 24.3 Å². The average Bonchev–Trinajstić information content (AvgIpc) is 3.54. The standard InChI is InChI=1S/C30H31F2N5O4/c1-30(2,3)26(35-29(39)40-18-19-8-5-4-6-9-19)27(38)36-15-12-23-25(36)24(17-37(23)28-33-13-7-14-34-28)41-20-10-11-21(31)22(32)16-20/h4-11,13-14,16-17,23,25-26H,12,15,18H2,1-3H3,(H,35,39). The highest BCUT2D eigenvalue weighted by Crippen LogP contribution is 2.38. The van der Waals surface area contributed by atoms with Crippen LogP contribution in [0, 0.1) is 17.0 Å². The van der Waals surface area contributed by atoms with E-state index >= 15 is 0 Å². The minimum Gasteiger partial charge on any atom is -0.458 e. The van der Waals surface area contributed by atoms with Gasteiger partial charge in [-0.3, -0.25) is 4.79 Å². The summed E-state index contributed by atoms with van der Waals surface area (Å²) in [6.45, 7) is 5.99. The summed E-state index contributed by atoms with van der Waals surface area (Å²) in [5.74, 6) is -1.53. The van der Waals surface area contributed by atoms with Gasteiger partial charge in [-0.2, -0.15) is 0 Å². The first-order valence-electron chi connectivity index (χ1n) is 13.3. The molecule has 3 aromatic rings. The van der Waals surface area contributed by atoms with Crippen molar-refractivity contribution in [3.8, 4) is 5.75 Å². The number of aromatic nitrogens is 2. The Morgan fingerprint density at radius 1 is 1.05 bits per heavy atom. The molecule has 5 rings (SSSR count). The molecule has 1 N–H and O–H groups in total. The maximum Gasteiger partial charge on any atom is 0.408 e. The second-order valence-corrected chi connectivity index (χ2v) is 11.0. The van der Waals surface area contributed by atoms with Gasteiger partial charge in [0.05, 0.1) is 6.04 Å². The van der Waals surface area contributed by atoms with Gasteiger partial charge >= 0.3 is 6.09 Å². The Morgan fingerprint density at radius 2 is 1.78 bits per heavy atom. The third-order valence-electron chi connectivity index (χ3n) is 7.06. The number of hydrogen-bond acceptors (Lipinski definition) is 7. The Morgan fingerprint density at radius 3 is 2.46 bits per heavy atom. The SMILES string of the molecule is CC(C)(C)C(NC(=O)OCc1ccccc1)C(=O)N1CCC2C1C(Oc1ccc(F)c(F)c1)=CN2c1ncccn1. The monoisotopic (exact) mass is 563 g/mol. The summed E-state index contributed by atoms with van der Waals surface area (Å²) in [5.41, 5.74) is 0.161. The van der Waals surface area contributed by atoms with Crippen LogP contribution in [0.3, 0.4) is 0 Å². The lowest BCUT2D eigenvalue weighted by Crippen LogP contribution is -2.56. The number of halogens is 2. The molecule has 11 heteroatoms. The van der Waals surface area contributed by atoms with Gasteiger partial charge in [0, 0.05) is 31.2 Å². The van der Waals surface area contributed by atoms with Gasteiger partial charge in [-0.1, -0.05) is 51.1 Å². The molecule has 0 bridgehead atoms. The summed E-state index contributed by atoms with van der Waals surface area (Å²) in [6, 6.07) is 12.4. The summed E-state index contributed by atoms with van der Waals surface area (Å²) in [4.78, 5) is 39.0. The molecule has 2 amide bonds. The number of fused-ring (bicyclic) bond motifs is 1. The van der Waals surface area contributed by atoms with Gasteiger partial charge < -0.3 is 24.6 Å². The zero-order chi connectivity index (χ0) is 29.1. The molecule has 2 aliphatic heterocycles. The van der Waals surface area contributed by atoms with Crippen LogP contribution in [0.1, 0.15) is 32.8 Å². The fourth-order valence-corrected chi connectivity index (χ4v) is 5.06. The summed E-state index contributed by atoms with van der Waals surface area (Å²) in [6.07, 6.45) is 4.75. The molecule has 1 fully saturated rings. The second kappa shape index (κ2) is 11.5. The molecule has 3 atom stereocenters. The number of benzene rings is 2. The highest BCUT2D eigenvalue weighted by molar-refractivity contribution is 5.87. The minimum atomic E-state index is -1.05. The van der Waals surface area contributed by atoms with Crippen LogP contribution in [-0.4, -0.2) is 51.5 Å². The molecule has 0 spiro atoms. The Labute approximate surface area is 236 Å². The Hall–Kier alpha value is -4.54. The molecular weight excluding hydrogens is 532 g/mol. The quantitative estimate of drug-likeness (QED) is 0.441. The lowest BCUT2D eigenvalue weighted by atomic mass is 9.85. The number of amides is 2. The van der Waals surface area contributed by atoms with Crippen LogP contribution in [0.25, 0.3) is 0 Å². The molecule has 3 unspecified atom stereocenters. The number of carbonyl (C=O) groups is 2. The van der Waals surface area contributed by atoms with E-state index in [1.165, 1.54) is 6.07 Å². The molecule has 9 nitrogen and oxygen atoms in total. The lowest BCUT2D eigenvalue weighted by molar-refractivity contribution is -0.136. The zero-order valence-electron chi connectivity index (χ0n) is 23.0. The number of ether oxygens (including phenoxy) is 2. The van der Waals surface area contributed by atoms with Gasteiger partial charge in [0.2, 0.25) is 11.9 Å². The highest BCUT2D eigenvalue weighted by atomic mass is 19.2. The van der Waals surface area contributed by atoms with E-state index < -0.39 is 35.2 Å². The lowest BCUT2D eigenvalue weighted by Gasteiger charge is -2.35. The first kappa shape index (κ1) is 28.0. The molecule has 0 saturated carbocycles. The molecule has 2 aromatic carbocycles. The Kier molecular flexibility index (Phi) is 7.87. The predicted octanol–water partition coefficient (Wildman–Crippen LogP) is 4.81. The number of hydrogen-bond donors (Lipinski definition) is 1. The van der Waals surface area contributed by atoms with Crippen molar-refractivity contribution in [2.45, 2.75) is 51.9 Å².